The van der Waals surface area contributed by atoms with E-state index in [1.165, 1.54) is 11.1 Å². The summed E-state index contributed by atoms with van der Waals surface area (Å²) in [6, 6.07) is 8.49. The van der Waals surface area contributed by atoms with Gasteiger partial charge < -0.3 is 4.74 Å². The summed E-state index contributed by atoms with van der Waals surface area (Å²) in [5.74, 6) is -0.112. The molecule has 0 amide bonds. The second-order valence-electron chi connectivity index (χ2n) is 8.58. The summed E-state index contributed by atoms with van der Waals surface area (Å²) in [7, 11) is 0. The fourth-order valence-electron chi connectivity index (χ4n) is 3.31. The quantitative estimate of drug-likeness (QED) is 0.523. The Morgan fingerprint density at radius 1 is 1.05 bits per heavy atom. The molecule has 0 saturated carbocycles. The number of ether oxygens (including phenoxy) is 1. The molecule has 0 N–H and O–H groups in total. The Morgan fingerprint density at radius 2 is 1.68 bits per heavy atom. The monoisotopic (exact) mass is 302 g/mol. The highest BCUT2D eigenvalue weighted by Crippen LogP contribution is 2.50. The first-order valence-corrected chi connectivity index (χ1v) is 8.40. The van der Waals surface area contributed by atoms with E-state index in [1.807, 2.05) is 20.8 Å². The number of esters is 1. The van der Waals surface area contributed by atoms with Gasteiger partial charge in [-0.3, -0.25) is 4.79 Å². The van der Waals surface area contributed by atoms with Gasteiger partial charge in [-0.25, -0.2) is 0 Å². The van der Waals surface area contributed by atoms with Crippen LogP contribution in [0.3, 0.4) is 0 Å². The molecule has 0 aliphatic heterocycles. The Bertz CT molecular complexity index is 546. The highest BCUT2D eigenvalue weighted by molar-refractivity contribution is 5.76. The molecule has 0 heterocycles. The standard InChI is InChI=1S/C20H30O2/c1-18(2,3)17(21)22-20(19(4,5)6)14-10-9-12-15-11-7-8-13-16(15)20/h7-8,11,13H,9-10,12,14H2,1-6H3. The van der Waals surface area contributed by atoms with E-state index in [9.17, 15) is 4.79 Å². The van der Waals surface area contributed by atoms with Gasteiger partial charge in [0.25, 0.3) is 0 Å². The number of carbonyl (C=O) groups excluding carboxylic acids is 1. The van der Waals surface area contributed by atoms with Crippen LogP contribution < -0.4 is 0 Å². The van der Waals surface area contributed by atoms with Crippen LogP contribution in [-0.4, -0.2) is 5.97 Å². The van der Waals surface area contributed by atoms with E-state index in [1.54, 1.807) is 0 Å². The van der Waals surface area contributed by atoms with Crippen LogP contribution in [0.1, 0.15) is 71.9 Å². The van der Waals surface area contributed by atoms with Crippen molar-refractivity contribution in [2.45, 2.75) is 72.8 Å². The zero-order valence-corrected chi connectivity index (χ0v) is 15.0. The minimum Gasteiger partial charge on any atom is -0.453 e. The third-order valence-corrected chi connectivity index (χ3v) is 4.77. The van der Waals surface area contributed by atoms with Crippen molar-refractivity contribution < 1.29 is 9.53 Å². The van der Waals surface area contributed by atoms with Gasteiger partial charge in [0.05, 0.1) is 5.41 Å². The molecule has 1 aromatic rings. The third kappa shape index (κ3) is 3.06. The lowest BCUT2D eigenvalue weighted by Gasteiger charge is -2.46. The van der Waals surface area contributed by atoms with Crippen molar-refractivity contribution in [1.29, 1.82) is 0 Å². The summed E-state index contributed by atoms with van der Waals surface area (Å²) < 4.78 is 6.28. The van der Waals surface area contributed by atoms with Crippen LogP contribution in [0.5, 0.6) is 0 Å². The van der Waals surface area contributed by atoms with Crippen molar-refractivity contribution >= 4 is 5.97 Å². The molecule has 22 heavy (non-hydrogen) atoms. The summed E-state index contributed by atoms with van der Waals surface area (Å²) in [6.45, 7) is 12.3. The molecule has 0 fully saturated rings. The molecule has 0 spiro atoms. The van der Waals surface area contributed by atoms with E-state index in [2.05, 4.69) is 45.0 Å². The smallest absolute Gasteiger partial charge is 0.312 e. The predicted molar refractivity (Wildman–Crippen MR) is 90.7 cm³/mol. The molecule has 1 aliphatic rings. The first-order valence-electron chi connectivity index (χ1n) is 8.40. The normalized spacial score (nSPS) is 22.6. The summed E-state index contributed by atoms with van der Waals surface area (Å²) in [5, 5.41) is 0. The minimum atomic E-state index is -0.537. The second kappa shape index (κ2) is 5.72. The summed E-state index contributed by atoms with van der Waals surface area (Å²) in [5.41, 5.74) is 1.37. The minimum absolute atomic E-state index is 0.112. The van der Waals surface area contributed by atoms with Gasteiger partial charge in [-0.1, -0.05) is 45.0 Å². The molecule has 0 radical (unpaired) electrons. The molecule has 2 heteroatoms. The Kier molecular flexibility index (Phi) is 4.43. The fourth-order valence-corrected chi connectivity index (χ4v) is 3.31. The summed E-state index contributed by atoms with van der Waals surface area (Å²) >= 11 is 0. The van der Waals surface area contributed by atoms with Crippen molar-refractivity contribution in [3.63, 3.8) is 0 Å². The van der Waals surface area contributed by atoms with Gasteiger partial charge in [-0.2, -0.15) is 0 Å². The Hall–Kier alpha value is -1.31. The predicted octanol–water partition coefficient (Wildman–Crippen LogP) is 5.24. The second-order valence-corrected chi connectivity index (χ2v) is 8.58. The van der Waals surface area contributed by atoms with E-state index in [0.29, 0.717) is 0 Å². The largest absolute Gasteiger partial charge is 0.453 e. The van der Waals surface area contributed by atoms with Crippen molar-refractivity contribution in [2.24, 2.45) is 10.8 Å². The number of hydrogen-bond donors (Lipinski definition) is 0. The van der Waals surface area contributed by atoms with Crippen LogP contribution in [0, 0.1) is 10.8 Å². The highest BCUT2D eigenvalue weighted by Gasteiger charge is 2.49. The van der Waals surface area contributed by atoms with Crippen molar-refractivity contribution in [3.05, 3.63) is 35.4 Å². The van der Waals surface area contributed by atoms with E-state index in [0.717, 1.165) is 25.7 Å². The number of aryl methyl sites for hydroxylation is 1. The Morgan fingerprint density at radius 3 is 2.27 bits per heavy atom. The van der Waals surface area contributed by atoms with E-state index in [4.69, 9.17) is 4.74 Å². The van der Waals surface area contributed by atoms with Gasteiger partial charge in [-0.15, -0.1) is 0 Å². The zero-order valence-electron chi connectivity index (χ0n) is 15.0. The van der Waals surface area contributed by atoms with Crippen LogP contribution >= 0.6 is 0 Å². The molecule has 122 valence electrons. The van der Waals surface area contributed by atoms with Gasteiger partial charge in [0, 0.05) is 5.41 Å². The van der Waals surface area contributed by atoms with E-state index in [-0.39, 0.29) is 11.4 Å². The average Bonchev–Trinajstić information content (AvgIpc) is 2.58. The molecule has 0 bridgehead atoms. The Labute approximate surface area is 135 Å². The molecule has 1 unspecified atom stereocenters. The van der Waals surface area contributed by atoms with Crippen molar-refractivity contribution in [3.8, 4) is 0 Å². The van der Waals surface area contributed by atoms with Gasteiger partial charge in [-0.05, 0) is 57.6 Å². The lowest BCUT2D eigenvalue weighted by Crippen LogP contribution is -2.46. The first kappa shape index (κ1) is 17.1. The number of benzene rings is 1. The molecule has 1 aromatic carbocycles. The molecule has 1 atom stereocenters. The molecule has 0 saturated heterocycles. The molecular formula is C20H30O2. The van der Waals surface area contributed by atoms with Gasteiger partial charge in [0.2, 0.25) is 0 Å². The van der Waals surface area contributed by atoms with Gasteiger partial charge in [0.15, 0.2) is 0 Å². The SMILES string of the molecule is CC(C)(C)C(=O)OC1(C(C)(C)C)CCCCc2ccccc21. The number of carbonyl (C=O) groups is 1. The maximum atomic E-state index is 12.7. The van der Waals surface area contributed by atoms with Crippen LogP contribution in [-0.2, 0) is 21.6 Å². The van der Waals surface area contributed by atoms with E-state index < -0.39 is 11.0 Å². The van der Waals surface area contributed by atoms with Crippen LogP contribution in [0.25, 0.3) is 0 Å². The lowest BCUT2D eigenvalue weighted by atomic mass is 9.69. The van der Waals surface area contributed by atoms with Crippen LogP contribution in [0.2, 0.25) is 0 Å². The number of hydrogen-bond acceptors (Lipinski definition) is 2. The lowest BCUT2D eigenvalue weighted by molar-refractivity contribution is -0.187. The van der Waals surface area contributed by atoms with Crippen LogP contribution in [0.15, 0.2) is 24.3 Å². The average molecular weight is 302 g/mol. The van der Waals surface area contributed by atoms with Crippen LogP contribution in [0.4, 0.5) is 0 Å². The first-order chi connectivity index (χ1) is 10.1. The van der Waals surface area contributed by atoms with Crippen molar-refractivity contribution in [1.82, 2.24) is 0 Å². The molecule has 2 nitrogen and oxygen atoms in total. The number of fused-ring (bicyclic) bond motifs is 1. The van der Waals surface area contributed by atoms with Gasteiger partial charge >= 0.3 is 5.97 Å². The topological polar surface area (TPSA) is 26.3 Å². The van der Waals surface area contributed by atoms with E-state index >= 15 is 0 Å². The Balaban J connectivity index is 2.58. The third-order valence-electron chi connectivity index (χ3n) is 4.77. The summed E-state index contributed by atoms with van der Waals surface area (Å²) in [6.07, 6.45) is 4.21. The summed E-state index contributed by atoms with van der Waals surface area (Å²) in [4.78, 5) is 12.7. The maximum absolute atomic E-state index is 12.7. The molecule has 2 rings (SSSR count). The number of rotatable bonds is 1. The molecule has 1 aliphatic carbocycles. The fraction of sp³-hybridized carbons (Fsp3) is 0.650. The molecule has 0 aromatic heterocycles. The maximum Gasteiger partial charge on any atom is 0.312 e. The zero-order chi connectivity index (χ0) is 16.6. The van der Waals surface area contributed by atoms with Crippen molar-refractivity contribution in [2.75, 3.05) is 0 Å². The molecular weight excluding hydrogens is 272 g/mol. The van der Waals surface area contributed by atoms with Gasteiger partial charge in [0.1, 0.15) is 5.60 Å². The highest BCUT2D eigenvalue weighted by atomic mass is 16.6.